The van der Waals surface area contributed by atoms with Gasteiger partial charge in [-0.2, -0.15) is 0 Å². The molecule has 0 spiro atoms. The van der Waals surface area contributed by atoms with Gasteiger partial charge in [0.15, 0.2) is 0 Å². The van der Waals surface area contributed by atoms with Gasteiger partial charge in [0.25, 0.3) is 0 Å². The second-order valence-electron chi connectivity index (χ2n) is 2.19. The molecule has 0 radical (unpaired) electrons. The maximum atomic E-state index is 9.98. The molecule has 0 aliphatic rings. The summed E-state index contributed by atoms with van der Waals surface area (Å²) in [7, 11) is 0. The Morgan fingerprint density at radius 3 is 1.92 bits per heavy atom. The minimum absolute atomic E-state index is 0.731. The molecule has 1 aromatic carbocycles. The summed E-state index contributed by atoms with van der Waals surface area (Å²) in [4.78, 5) is 20.0. The van der Waals surface area contributed by atoms with Gasteiger partial charge in [0.1, 0.15) is 11.9 Å². The van der Waals surface area contributed by atoms with Crippen molar-refractivity contribution in [1.29, 1.82) is 0 Å². The van der Waals surface area contributed by atoms with Gasteiger partial charge in [0.2, 0.25) is 0 Å². The van der Waals surface area contributed by atoms with E-state index < -0.39 is 0 Å². The smallest absolute Gasteiger partial charge is 0.125 e. The van der Waals surface area contributed by atoms with E-state index in [4.69, 9.17) is 0 Å². The van der Waals surface area contributed by atoms with Gasteiger partial charge in [-0.15, -0.1) is 0 Å². The van der Waals surface area contributed by atoms with Crippen LogP contribution in [0.1, 0.15) is 11.1 Å². The molecule has 2 nitrogen and oxygen atoms in total. The van der Waals surface area contributed by atoms with Gasteiger partial charge in [0.05, 0.1) is 0 Å². The first-order valence-electron chi connectivity index (χ1n) is 3.38. The van der Waals surface area contributed by atoms with E-state index in [1.54, 1.807) is 36.1 Å². The maximum absolute atomic E-state index is 9.98. The highest BCUT2D eigenvalue weighted by Crippen LogP contribution is 2.06. The summed E-state index contributed by atoms with van der Waals surface area (Å²) < 4.78 is 0. The molecule has 0 fully saturated rings. The van der Waals surface area contributed by atoms with Gasteiger partial charge in [-0.3, -0.25) is 0 Å². The van der Waals surface area contributed by atoms with Gasteiger partial charge in [-0.1, -0.05) is 18.2 Å². The van der Waals surface area contributed by atoms with Crippen LogP contribution in [0.15, 0.2) is 24.3 Å². The van der Waals surface area contributed by atoms with E-state index in [0.717, 1.165) is 11.1 Å². The van der Waals surface area contributed by atoms with Crippen LogP contribution in [-0.4, -0.2) is 11.9 Å². The Bertz CT molecular complexity index is 334. The normalized spacial score (nSPS) is 8.00. The average Bonchev–Trinajstić information content (AvgIpc) is 2.06. The van der Waals surface area contributed by atoms with Gasteiger partial charge in [0, 0.05) is 12.2 Å². The minimum Gasteiger partial charge on any atom is -0.233 e. The molecule has 0 heterocycles. The molecular weight excluding hydrogens is 152 g/mol. The molecule has 0 aliphatic carbocycles. The summed E-state index contributed by atoms with van der Waals surface area (Å²) in [6.45, 7) is 0. The number of rotatable bonds is 2. The Kier molecular flexibility index (Phi) is 2.80. The van der Waals surface area contributed by atoms with E-state index in [0.29, 0.717) is 0 Å². The zero-order valence-electron chi connectivity index (χ0n) is 6.28. The quantitative estimate of drug-likeness (QED) is 0.609. The fraction of sp³-hybridized carbons (Fsp3) is 0. The highest BCUT2D eigenvalue weighted by atomic mass is 16.1. The van der Waals surface area contributed by atoms with Crippen molar-refractivity contribution in [1.82, 2.24) is 0 Å². The minimum atomic E-state index is 0.731. The second-order valence-corrected chi connectivity index (χ2v) is 2.19. The Hall–Kier alpha value is -1.88. The molecular formula is C10H6O2. The number of hydrogen-bond donors (Lipinski definition) is 0. The summed E-state index contributed by atoms with van der Waals surface area (Å²) in [6.07, 6.45) is 2.62. The topological polar surface area (TPSA) is 34.1 Å². The van der Waals surface area contributed by atoms with Crippen LogP contribution < -0.4 is 0 Å². The van der Waals surface area contributed by atoms with Crippen molar-refractivity contribution in [2.75, 3.05) is 0 Å². The summed E-state index contributed by atoms with van der Waals surface area (Å²) in [6, 6.07) is 6.97. The molecule has 1 aromatic rings. The summed E-state index contributed by atoms with van der Waals surface area (Å²) in [5.41, 5.74) is 1.46. The van der Waals surface area contributed by atoms with Crippen LogP contribution in [0.5, 0.6) is 0 Å². The molecule has 0 amide bonds. The molecule has 58 valence electrons. The van der Waals surface area contributed by atoms with Crippen molar-refractivity contribution in [3.63, 3.8) is 0 Å². The van der Waals surface area contributed by atoms with E-state index >= 15 is 0 Å². The molecule has 0 aliphatic heterocycles. The lowest BCUT2D eigenvalue weighted by atomic mass is 10.1. The Balaban J connectivity index is 3.11. The lowest BCUT2D eigenvalue weighted by Gasteiger charge is -1.91. The van der Waals surface area contributed by atoms with E-state index in [2.05, 4.69) is 0 Å². The number of hydrogen-bond acceptors (Lipinski definition) is 2. The van der Waals surface area contributed by atoms with Crippen molar-refractivity contribution in [2.45, 2.75) is 0 Å². The molecule has 0 N–H and O–H groups in total. The van der Waals surface area contributed by atoms with Crippen LogP contribution in [0.3, 0.4) is 0 Å². The largest absolute Gasteiger partial charge is 0.233 e. The summed E-state index contributed by atoms with van der Waals surface area (Å²) in [5, 5.41) is 0. The molecule has 1 rings (SSSR count). The Labute approximate surface area is 69.8 Å². The van der Waals surface area contributed by atoms with Crippen molar-refractivity contribution < 1.29 is 9.59 Å². The van der Waals surface area contributed by atoms with E-state index in [1.165, 1.54) is 12.2 Å². The zero-order chi connectivity index (χ0) is 8.81. The fourth-order valence-electron chi connectivity index (χ4n) is 0.875. The molecule has 0 saturated heterocycles. The van der Waals surface area contributed by atoms with Gasteiger partial charge < -0.3 is 0 Å². The van der Waals surface area contributed by atoms with Crippen molar-refractivity contribution in [3.05, 3.63) is 35.4 Å². The molecule has 0 bridgehead atoms. The first kappa shape index (κ1) is 8.22. The van der Waals surface area contributed by atoms with E-state index in [-0.39, 0.29) is 0 Å². The monoisotopic (exact) mass is 158 g/mol. The fourth-order valence-corrected chi connectivity index (χ4v) is 0.875. The third-order valence-corrected chi connectivity index (χ3v) is 1.36. The van der Waals surface area contributed by atoms with E-state index in [1.807, 2.05) is 0 Å². The van der Waals surface area contributed by atoms with E-state index in [9.17, 15) is 9.59 Å². The lowest BCUT2D eigenvalue weighted by Crippen LogP contribution is -1.75. The second kappa shape index (κ2) is 4.09. The first-order chi connectivity index (χ1) is 5.86. The van der Waals surface area contributed by atoms with Crippen molar-refractivity contribution in [3.8, 4) is 0 Å². The summed E-state index contributed by atoms with van der Waals surface area (Å²) >= 11 is 0. The van der Waals surface area contributed by atoms with Crippen LogP contribution in [0.4, 0.5) is 0 Å². The maximum Gasteiger partial charge on any atom is 0.125 e. The SMILES string of the molecule is O=C=Cc1cccc(C=C=O)c1. The van der Waals surface area contributed by atoms with Crippen molar-refractivity contribution in [2.24, 2.45) is 0 Å². The Morgan fingerprint density at radius 1 is 1.00 bits per heavy atom. The van der Waals surface area contributed by atoms with Gasteiger partial charge >= 0.3 is 0 Å². The molecule has 12 heavy (non-hydrogen) atoms. The molecule has 0 saturated carbocycles. The number of carbonyl (C=O) groups excluding carboxylic acids is 2. The van der Waals surface area contributed by atoms with Gasteiger partial charge in [-0.25, -0.2) is 9.59 Å². The van der Waals surface area contributed by atoms with Crippen LogP contribution in [-0.2, 0) is 9.59 Å². The van der Waals surface area contributed by atoms with Crippen LogP contribution in [0.25, 0.3) is 12.2 Å². The molecule has 2 heteroatoms. The van der Waals surface area contributed by atoms with Crippen molar-refractivity contribution >= 4 is 24.0 Å². The average molecular weight is 158 g/mol. The third kappa shape index (κ3) is 2.06. The molecule has 0 aromatic heterocycles. The Morgan fingerprint density at radius 2 is 1.50 bits per heavy atom. The van der Waals surface area contributed by atoms with Crippen LogP contribution in [0, 0.1) is 0 Å². The van der Waals surface area contributed by atoms with Gasteiger partial charge in [-0.05, 0) is 17.2 Å². The van der Waals surface area contributed by atoms with Crippen LogP contribution in [0.2, 0.25) is 0 Å². The first-order valence-corrected chi connectivity index (χ1v) is 3.38. The third-order valence-electron chi connectivity index (χ3n) is 1.36. The summed E-state index contributed by atoms with van der Waals surface area (Å²) in [5.74, 6) is 3.33. The molecule has 0 unspecified atom stereocenters. The predicted molar refractivity (Wildman–Crippen MR) is 46.8 cm³/mol. The lowest BCUT2D eigenvalue weighted by molar-refractivity contribution is 0.569. The van der Waals surface area contributed by atoms with Crippen LogP contribution >= 0.6 is 0 Å². The highest BCUT2D eigenvalue weighted by molar-refractivity contribution is 5.79. The highest BCUT2D eigenvalue weighted by Gasteiger charge is 1.88. The molecule has 0 atom stereocenters. The zero-order valence-corrected chi connectivity index (χ0v) is 6.28. The standard InChI is InChI=1S/C10H6O2/c11-6-4-9-2-1-3-10(8-9)5-7-12/h1-5,8H. The number of benzene rings is 1. The predicted octanol–water partition coefficient (Wildman–Crippen LogP) is 1.38.